The predicted molar refractivity (Wildman–Crippen MR) is 141 cm³/mol. The molecule has 1 N–H and O–H groups in total. The Balaban J connectivity index is 1.72. The number of benzene rings is 3. The van der Waals surface area contributed by atoms with Crippen LogP contribution >= 0.6 is 15.9 Å². The predicted octanol–water partition coefficient (Wildman–Crippen LogP) is 4.80. The molecule has 0 fully saturated rings. The molecule has 0 heterocycles. The van der Waals surface area contributed by atoms with Crippen molar-refractivity contribution in [2.75, 3.05) is 31.1 Å². The number of nitrogens with one attached hydrogen (secondary N) is 1. The summed E-state index contributed by atoms with van der Waals surface area (Å²) >= 11 is 3.32. The number of hydrogen-bond donors (Lipinski definition) is 1. The Kier molecular flexibility index (Phi) is 9.56. The molecule has 186 valence electrons. The van der Waals surface area contributed by atoms with Crippen LogP contribution in [-0.4, -0.2) is 41.1 Å². The molecule has 0 atom stereocenters. The van der Waals surface area contributed by atoms with E-state index in [-0.39, 0.29) is 17.3 Å². The lowest BCUT2D eigenvalue weighted by molar-refractivity contribution is -0.119. The zero-order valence-electron chi connectivity index (χ0n) is 19.7. The number of sulfonamides is 1. The van der Waals surface area contributed by atoms with Crippen molar-refractivity contribution in [2.45, 2.75) is 24.7 Å². The number of anilines is 1. The number of para-hydroxylation sites is 1. The Bertz CT molecular complexity index is 1220. The van der Waals surface area contributed by atoms with Crippen LogP contribution in [0.3, 0.4) is 0 Å². The third-order valence-corrected chi connectivity index (χ3v) is 7.58. The maximum atomic E-state index is 13.5. The summed E-state index contributed by atoms with van der Waals surface area (Å²) in [6.45, 7) is 2.43. The molecule has 0 radical (unpaired) electrons. The Morgan fingerprint density at radius 2 is 1.69 bits per heavy atom. The first-order chi connectivity index (χ1) is 16.8. The second-order valence-electron chi connectivity index (χ2n) is 7.66. The summed E-state index contributed by atoms with van der Waals surface area (Å²) in [6, 6.07) is 20.7. The molecule has 3 rings (SSSR count). The van der Waals surface area contributed by atoms with Crippen molar-refractivity contribution < 1.29 is 22.7 Å². The molecule has 0 unspecified atom stereocenters. The second-order valence-corrected chi connectivity index (χ2v) is 10.4. The van der Waals surface area contributed by atoms with Gasteiger partial charge in [0.15, 0.2) is 0 Å². The number of hydrogen-bond acceptors (Lipinski definition) is 5. The molecular weight excluding hydrogens is 532 g/mol. The van der Waals surface area contributed by atoms with E-state index in [9.17, 15) is 13.2 Å². The number of amides is 1. The summed E-state index contributed by atoms with van der Waals surface area (Å²) in [7, 11) is -2.35. The number of aryl methyl sites for hydroxylation is 1. The number of nitrogens with zero attached hydrogens (tertiary/aromatic N) is 1. The number of halogens is 1. The van der Waals surface area contributed by atoms with Crippen molar-refractivity contribution in [3.63, 3.8) is 0 Å². The minimum Gasteiger partial charge on any atom is -0.496 e. The molecule has 0 saturated heterocycles. The van der Waals surface area contributed by atoms with Crippen molar-refractivity contribution in [1.82, 2.24) is 5.32 Å². The first-order valence-corrected chi connectivity index (χ1v) is 13.5. The van der Waals surface area contributed by atoms with Crippen LogP contribution in [0.4, 0.5) is 5.69 Å². The highest BCUT2D eigenvalue weighted by molar-refractivity contribution is 9.10. The zero-order valence-corrected chi connectivity index (χ0v) is 22.1. The molecule has 0 saturated carbocycles. The van der Waals surface area contributed by atoms with E-state index in [1.807, 2.05) is 31.2 Å². The van der Waals surface area contributed by atoms with Gasteiger partial charge in [-0.2, -0.15) is 0 Å². The number of carbonyl (C=O) groups excluding carboxylic acids is 1. The standard InChI is InChI=1S/C26H29BrN2O5S/c1-3-34-23-14-12-22(13-15-23)29(35(31,32)24-16-10-21(27)11-17-24)19-26(30)28-18-6-8-20-7-4-5-9-25(20)33-2/h4-5,7,9-17H,3,6,8,18-19H2,1-2H3,(H,28,30). The summed E-state index contributed by atoms with van der Waals surface area (Å²) < 4.78 is 39.6. The summed E-state index contributed by atoms with van der Waals surface area (Å²) in [5.74, 6) is 1.04. The molecule has 0 bridgehead atoms. The summed E-state index contributed by atoms with van der Waals surface area (Å²) in [5.41, 5.74) is 1.43. The van der Waals surface area contributed by atoms with Gasteiger partial charge in [-0.3, -0.25) is 9.10 Å². The van der Waals surface area contributed by atoms with Crippen LogP contribution in [0.25, 0.3) is 0 Å². The van der Waals surface area contributed by atoms with E-state index < -0.39 is 10.0 Å². The van der Waals surface area contributed by atoms with Gasteiger partial charge < -0.3 is 14.8 Å². The second kappa shape index (κ2) is 12.6. The van der Waals surface area contributed by atoms with Gasteiger partial charge in [-0.1, -0.05) is 34.1 Å². The summed E-state index contributed by atoms with van der Waals surface area (Å²) in [5, 5.41) is 2.84. The van der Waals surface area contributed by atoms with Crippen LogP contribution in [0.15, 0.2) is 82.2 Å². The quantitative estimate of drug-likeness (QED) is 0.321. The van der Waals surface area contributed by atoms with Crippen LogP contribution in [0.2, 0.25) is 0 Å². The Labute approximate surface area is 215 Å². The van der Waals surface area contributed by atoms with Gasteiger partial charge in [0, 0.05) is 11.0 Å². The van der Waals surface area contributed by atoms with Gasteiger partial charge in [-0.15, -0.1) is 0 Å². The first-order valence-electron chi connectivity index (χ1n) is 11.2. The monoisotopic (exact) mass is 560 g/mol. The van der Waals surface area contributed by atoms with Gasteiger partial charge in [0.05, 0.1) is 24.3 Å². The van der Waals surface area contributed by atoms with E-state index >= 15 is 0 Å². The molecule has 35 heavy (non-hydrogen) atoms. The lowest BCUT2D eigenvalue weighted by Crippen LogP contribution is -2.41. The molecule has 0 aliphatic heterocycles. The number of methoxy groups -OCH3 is 1. The van der Waals surface area contributed by atoms with E-state index in [1.54, 1.807) is 43.5 Å². The molecule has 9 heteroatoms. The average Bonchev–Trinajstić information content (AvgIpc) is 2.86. The molecule has 0 spiro atoms. The van der Waals surface area contributed by atoms with Gasteiger partial charge in [0.25, 0.3) is 10.0 Å². The molecule has 1 amide bonds. The van der Waals surface area contributed by atoms with Crippen molar-refractivity contribution in [2.24, 2.45) is 0 Å². The fourth-order valence-electron chi connectivity index (χ4n) is 3.53. The minimum atomic E-state index is -3.98. The maximum absolute atomic E-state index is 13.5. The van der Waals surface area contributed by atoms with E-state index in [1.165, 1.54) is 12.1 Å². The number of ether oxygens (including phenoxy) is 2. The lowest BCUT2D eigenvalue weighted by atomic mass is 10.1. The van der Waals surface area contributed by atoms with Crippen molar-refractivity contribution in [3.8, 4) is 11.5 Å². The molecule has 7 nitrogen and oxygen atoms in total. The van der Waals surface area contributed by atoms with E-state index in [4.69, 9.17) is 9.47 Å². The van der Waals surface area contributed by atoms with Gasteiger partial charge in [0.2, 0.25) is 5.91 Å². The van der Waals surface area contributed by atoms with Gasteiger partial charge >= 0.3 is 0 Å². The van der Waals surface area contributed by atoms with Crippen LogP contribution in [0.1, 0.15) is 18.9 Å². The van der Waals surface area contributed by atoms with Gasteiger partial charge in [-0.05, 0) is 79.9 Å². The molecular formula is C26H29BrN2O5S. The molecule has 0 aromatic heterocycles. The van der Waals surface area contributed by atoms with Crippen molar-refractivity contribution in [1.29, 1.82) is 0 Å². The van der Waals surface area contributed by atoms with Gasteiger partial charge in [-0.25, -0.2) is 8.42 Å². The first kappa shape index (κ1) is 26.6. The molecule has 3 aromatic rings. The third kappa shape index (κ3) is 7.22. The van der Waals surface area contributed by atoms with E-state index in [0.29, 0.717) is 31.0 Å². The van der Waals surface area contributed by atoms with E-state index in [0.717, 1.165) is 26.5 Å². The fraction of sp³-hybridized carbons (Fsp3) is 0.269. The largest absolute Gasteiger partial charge is 0.496 e. The number of carbonyl (C=O) groups is 1. The minimum absolute atomic E-state index is 0.0959. The van der Waals surface area contributed by atoms with Crippen molar-refractivity contribution in [3.05, 3.63) is 82.8 Å². The highest BCUT2D eigenvalue weighted by Crippen LogP contribution is 2.26. The molecule has 0 aliphatic rings. The summed E-state index contributed by atoms with van der Waals surface area (Å²) in [6.07, 6.45) is 1.42. The summed E-state index contributed by atoms with van der Waals surface area (Å²) in [4.78, 5) is 12.9. The maximum Gasteiger partial charge on any atom is 0.264 e. The lowest BCUT2D eigenvalue weighted by Gasteiger charge is -2.24. The highest BCUT2D eigenvalue weighted by Gasteiger charge is 2.27. The van der Waals surface area contributed by atoms with Crippen LogP contribution in [0.5, 0.6) is 11.5 Å². The van der Waals surface area contributed by atoms with Crippen LogP contribution in [-0.2, 0) is 21.2 Å². The van der Waals surface area contributed by atoms with Gasteiger partial charge in [0.1, 0.15) is 18.0 Å². The average molecular weight is 561 g/mol. The van der Waals surface area contributed by atoms with Crippen LogP contribution in [0, 0.1) is 0 Å². The molecule has 3 aromatic carbocycles. The number of rotatable bonds is 12. The smallest absolute Gasteiger partial charge is 0.264 e. The zero-order chi connectivity index (χ0) is 25.3. The van der Waals surface area contributed by atoms with Crippen molar-refractivity contribution >= 4 is 37.5 Å². The van der Waals surface area contributed by atoms with Crippen LogP contribution < -0.4 is 19.1 Å². The van der Waals surface area contributed by atoms with E-state index in [2.05, 4.69) is 21.2 Å². The topological polar surface area (TPSA) is 84.9 Å². The third-order valence-electron chi connectivity index (χ3n) is 5.26. The fourth-order valence-corrected chi connectivity index (χ4v) is 5.21. The Morgan fingerprint density at radius 1 is 1.00 bits per heavy atom. The normalized spacial score (nSPS) is 11.1. The Hall–Kier alpha value is -3.04. The highest BCUT2D eigenvalue weighted by atomic mass is 79.9. The Morgan fingerprint density at radius 3 is 2.34 bits per heavy atom. The SMILES string of the molecule is CCOc1ccc(N(CC(=O)NCCCc2ccccc2OC)S(=O)(=O)c2ccc(Br)cc2)cc1. The molecule has 0 aliphatic carbocycles.